The molecule has 0 spiro atoms. The Bertz CT molecular complexity index is 600. The maximum absolute atomic E-state index is 6.85. The molecule has 0 aromatic rings. The lowest BCUT2D eigenvalue weighted by molar-refractivity contribution is -0.229. The summed E-state index contributed by atoms with van der Waals surface area (Å²) in [7, 11) is -9.43. The van der Waals surface area contributed by atoms with Gasteiger partial charge in [0.2, 0.25) is 5.79 Å². The molecule has 1 fully saturated rings. The second-order valence-electron chi connectivity index (χ2n) is 13.9. The molecule has 1 heterocycles. The van der Waals surface area contributed by atoms with Gasteiger partial charge < -0.3 is 26.9 Å². The van der Waals surface area contributed by atoms with Gasteiger partial charge in [0, 0.05) is 0 Å². The fourth-order valence-corrected chi connectivity index (χ4v) is 8.17. The molecule has 0 unspecified atom stereocenters. The number of hydrogen-bond acceptors (Lipinski definition) is 6. The molecule has 6 nitrogen and oxygen atoms in total. The van der Waals surface area contributed by atoms with Gasteiger partial charge in [0.15, 0.2) is 41.6 Å². The van der Waals surface area contributed by atoms with Gasteiger partial charge >= 0.3 is 0 Å². The van der Waals surface area contributed by atoms with Crippen LogP contribution in [0, 0.1) is 0 Å². The van der Waals surface area contributed by atoms with Crippen LogP contribution >= 0.6 is 0 Å². The van der Waals surface area contributed by atoms with Gasteiger partial charge in [0.05, 0.1) is 13.2 Å². The van der Waals surface area contributed by atoms with Crippen molar-refractivity contribution in [2.45, 2.75) is 122 Å². The summed E-state index contributed by atoms with van der Waals surface area (Å²) in [6, 6.07) is 0. The van der Waals surface area contributed by atoms with Crippen LogP contribution in [-0.4, -0.2) is 78.9 Å². The van der Waals surface area contributed by atoms with Crippen molar-refractivity contribution in [3.63, 3.8) is 0 Å². The molecular formula is C21H52O6Si5. The SMILES string of the molecule is C[Si](C)(C)OC[C@H]1O[C@](CO[Si](C)(C)C)(O[Si](C)(C)C)[C@@H](O[Si](C)(C)C)[C@@H]1O[Si](C)(C)C. The van der Waals surface area contributed by atoms with E-state index in [9.17, 15) is 0 Å². The van der Waals surface area contributed by atoms with Crippen LogP contribution in [0.4, 0.5) is 0 Å². The third kappa shape index (κ3) is 11.5. The Morgan fingerprint density at radius 2 is 1.06 bits per heavy atom. The molecule has 1 aliphatic rings. The van der Waals surface area contributed by atoms with Crippen LogP contribution in [0.2, 0.25) is 98.2 Å². The highest BCUT2D eigenvalue weighted by Crippen LogP contribution is 2.42. The van der Waals surface area contributed by atoms with E-state index in [1.54, 1.807) is 0 Å². The summed E-state index contributed by atoms with van der Waals surface area (Å²) in [4.78, 5) is 0. The fourth-order valence-electron chi connectivity index (χ4n) is 3.44. The minimum atomic E-state index is -2.02. The zero-order valence-electron chi connectivity index (χ0n) is 23.6. The van der Waals surface area contributed by atoms with Gasteiger partial charge in [0.25, 0.3) is 0 Å². The average molecular weight is 541 g/mol. The Morgan fingerprint density at radius 3 is 1.44 bits per heavy atom. The third-order valence-corrected chi connectivity index (χ3v) is 9.23. The van der Waals surface area contributed by atoms with E-state index >= 15 is 0 Å². The Labute approximate surface area is 203 Å². The van der Waals surface area contributed by atoms with Crippen LogP contribution < -0.4 is 0 Å². The molecule has 32 heavy (non-hydrogen) atoms. The Morgan fingerprint density at radius 1 is 0.594 bits per heavy atom. The highest BCUT2D eigenvalue weighted by atomic mass is 28.4. The van der Waals surface area contributed by atoms with Gasteiger partial charge in [-0.15, -0.1) is 0 Å². The molecule has 1 rings (SSSR count). The van der Waals surface area contributed by atoms with E-state index in [1.165, 1.54) is 0 Å². The molecule has 0 bridgehead atoms. The largest absolute Gasteiger partial charge is 0.415 e. The molecule has 4 atom stereocenters. The molecule has 192 valence electrons. The lowest BCUT2D eigenvalue weighted by Crippen LogP contribution is -2.59. The van der Waals surface area contributed by atoms with Gasteiger partial charge in [-0.2, -0.15) is 0 Å². The summed E-state index contributed by atoms with van der Waals surface area (Å²) in [6.07, 6.45) is -0.845. The molecule has 0 N–H and O–H groups in total. The Hall–Kier alpha value is 0.844. The van der Waals surface area contributed by atoms with Gasteiger partial charge in [-0.05, 0) is 98.2 Å². The normalized spacial score (nSPS) is 28.4. The van der Waals surface area contributed by atoms with E-state index in [0.717, 1.165) is 0 Å². The van der Waals surface area contributed by atoms with Crippen LogP contribution in [0.15, 0.2) is 0 Å². The Kier molecular flexibility index (Phi) is 10.1. The second-order valence-corrected chi connectivity index (χ2v) is 36.2. The first-order valence-corrected chi connectivity index (χ1v) is 29.0. The van der Waals surface area contributed by atoms with E-state index in [4.69, 9.17) is 26.9 Å². The summed E-state index contributed by atoms with van der Waals surface area (Å²) in [6.45, 7) is 33.9. The van der Waals surface area contributed by atoms with E-state index in [-0.39, 0.29) is 18.3 Å². The fraction of sp³-hybridized carbons (Fsp3) is 1.00. The summed E-state index contributed by atoms with van der Waals surface area (Å²) < 4.78 is 40.1. The van der Waals surface area contributed by atoms with Gasteiger partial charge in [0.1, 0.15) is 18.3 Å². The van der Waals surface area contributed by atoms with Crippen molar-refractivity contribution in [3.05, 3.63) is 0 Å². The standard InChI is InChI=1S/C21H52O6Si5/c1-28(2,3)22-16-18-19(25-30(7,8)9)20(26-31(10,11)12)21(24-18,27-32(13,14)15)17-23-29(4,5)6/h18-20H,16-17H2,1-15H3/t18-,19-,20+,21-/m1/s1. The minimum absolute atomic E-state index is 0.244. The lowest BCUT2D eigenvalue weighted by Gasteiger charge is -2.43. The summed E-state index contributed by atoms with van der Waals surface area (Å²) >= 11 is 0. The predicted octanol–water partition coefficient (Wildman–Crippen LogP) is 6.08. The van der Waals surface area contributed by atoms with Gasteiger partial charge in [-0.1, -0.05) is 0 Å². The first-order chi connectivity index (χ1) is 13.9. The minimum Gasteiger partial charge on any atom is -0.415 e. The van der Waals surface area contributed by atoms with Crippen LogP contribution in [0.1, 0.15) is 0 Å². The van der Waals surface area contributed by atoms with E-state index in [2.05, 4.69) is 98.2 Å². The maximum atomic E-state index is 6.85. The van der Waals surface area contributed by atoms with E-state index in [1.807, 2.05) is 0 Å². The average Bonchev–Trinajstić information content (AvgIpc) is 2.71. The van der Waals surface area contributed by atoms with Crippen molar-refractivity contribution in [2.75, 3.05) is 13.2 Å². The molecule has 11 heteroatoms. The topological polar surface area (TPSA) is 55.4 Å². The first kappa shape index (κ1) is 30.9. The van der Waals surface area contributed by atoms with E-state index in [0.29, 0.717) is 13.2 Å². The molecule has 0 amide bonds. The van der Waals surface area contributed by atoms with Crippen LogP contribution in [0.25, 0.3) is 0 Å². The van der Waals surface area contributed by atoms with Crippen molar-refractivity contribution in [1.82, 2.24) is 0 Å². The second kappa shape index (κ2) is 10.4. The third-order valence-electron chi connectivity index (χ3n) is 4.29. The number of hydrogen-bond donors (Lipinski definition) is 0. The summed E-state index contributed by atoms with van der Waals surface area (Å²) in [5.74, 6) is -0.983. The molecule has 0 radical (unpaired) electrons. The highest BCUT2D eigenvalue weighted by molar-refractivity contribution is 6.71. The molecule has 0 saturated carbocycles. The number of ether oxygens (including phenoxy) is 1. The maximum Gasteiger partial charge on any atom is 0.210 e. The molecule has 0 aromatic heterocycles. The zero-order chi connectivity index (χ0) is 25.4. The monoisotopic (exact) mass is 540 g/mol. The number of rotatable bonds is 12. The van der Waals surface area contributed by atoms with Crippen molar-refractivity contribution in [2.24, 2.45) is 0 Å². The molecule has 1 saturated heterocycles. The predicted molar refractivity (Wildman–Crippen MR) is 147 cm³/mol. The lowest BCUT2D eigenvalue weighted by atomic mass is 10.1. The smallest absolute Gasteiger partial charge is 0.210 e. The van der Waals surface area contributed by atoms with Crippen LogP contribution in [0.3, 0.4) is 0 Å². The Balaban J connectivity index is 3.53. The molecular weight excluding hydrogens is 489 g/mol. The summed E-state index contributed by atoms with van der Waals surface area (Å²) in [5, 5.41) is 0. The van der Waals surface area contributed by atoms with Crippen LogP contribution in [0.5, 0.6) is 0 Å². The van der Waals surface area contributed by atoms with Crippen molar-refractivity contribution >= 4 is 41.6 Å². The van der Waals surface area contributed by atoms with Gasteiger partial charge in [-0.3, -0.25) is 0 Å². The highest BCUT2D eigenvalue weighted by Gasteiger charge is 2.61. The van der Waals surface area contributed by atoms with Crippen molar-refractivity contribution in [3.8, 4) is 0 Å². The van der Waals surface area contributed by atoms with Crippen molar-refractivity contribution in [1.29, 1.82) is 0 Å². The molecule has 1 aliphatic heterocycles. The van der Waals surface area contributed by atoms with Crippen molar-refractivity contribution < 1.29 is 26.9 Å². The zero-order valence-corrected chi connectivity index (χ0v) is 28.6. The quantitative estimate of drug-likeness (QED) is 0.280. The molecule has 0 aliphatic carbocycles. The van der Waals surface area contributed by atoms with Crippen LogP contribution in [-0.2, 0) is 26.9 Å². The first-order valence-electron chi connectivity index (χ1n) is 11.9. The van der Waals surface area contributed by atoms with Gasteiger partial charge in [-0.25, -0.2) is 0 Å². The summed E-state index contributed by atoms with van der Waals surface area (Å²) in [5.41, 5.74) is 0. The molecule has 0 aromatic carbocycles. The van der Waals surface area contributed by atoms with E-state index < -0.39 is 47.4 Å².